The SMILES string of the molecule is CCCCCCCCCCCCC/C=C/C(O)C(COP(=O)(O)OCC[N+](C)(C)C)NC(=O)CCCCCCCCCCCNc1c([N+](=O)[O-])cc([N+](=O)[O-])cc1[N+](=O)[O-]. The molecule has 0 aliphatic heterocycles. The second-order valence-electron chi connectivity index (χ2n) is 16.5. The number of carbonyl (C=O) groups is 1. The Morgan fingerprint density at radius 1 is 0.767 bits per heavy atom. The molecule has 1 aromatic carbocycles. The molecule has 3 unspecified atom stereocenters. The molecule has 60 heavy (non-hydrogen) atoms. The molecule has 0 radical (unpaired) electrons. The van der Waals surface area contributed by atoms with Gasteiger partial charge in [-0.3, -0.25) is 44.2 Å². The Kier molecular flexibility index (Phi) is 28.4. The maximum absolute atomic E-state index is 12.9. The molecule has 344 valence electrons. The molecule has 4 N–H and O–H groups in total. The minimum atomic E-state index is -4.41. The first-order chi connectivity index (χ1) is 28.5. The van der Waals surface area contributed by atoms with Crippen LogP contribution >= 0.6 is 7.82 Å². The summed E-state index contributed by atoms with van der Waals surface area (Å²) in [6.07, 6.45) is 24.5. The molecule has 0 heterocycles. The summed E-state index contributed by atoms with van der Waals surface area (Å²) in [4.78, 5) is 54.4. The molecule has 0 aliphatic carbocycles. The average molecular weight is 874 g/mol. The van der Waals surface area contributed by atoms with Crippen molar-refractivity contribution in [1.29, 1.82) is 0 Å². The fraction of sp³-hybridized carbons (Fsp3) is 0.780. The molecule has 0 saturated heterocycles. The van der Waals surface area contributed by atoms with Gasteiger partial charge >= 0.3 is 19.2 Å². The molecule has 1 aromatic rings. The molecule has 18 nitrogen and oxygen atoms in total. The van der Waals surface area contributed by atoms with Crippen molar-refractivity contribution in [2.75, 3.05) is 52.8 Å². The fourth-order valence-corrected chi connectivity index (χ4v) is 7.21. The summed E-state index contributed by atoms with van der Waals surface area (Å²) in [6.45, 7) is 2.54. The number of nitrogens with zero attached hydrogens (tertiary/aromatic N) is 4. The lowest BCUT2D eigenvalue weighted by atomic mass is 10.0. The number of aliphatic hydroxyl groups is 1. The molecular formula is C41H74N6O12P+. The molecule has 1 rings (SSSR count). The lowest BCUT2D eigenvalue weighted by Gasteiger charge is -2.25. The van der Waals surface area contributed by atoms with Gasteiger partial charge < -0.3 is 25.1 Å². The zero-order chi connectivity index (χ0) is 44.8. The van der Waals surface area contributed by atoms with E-state index in [-0.39, 0.29) is 31.2 Å². The largest absolute Gasteiger partial charge is 0.472 e. The number of nitrogens with one attached hydrogen (secondary N) is 2. The molecule has 0 saturated carbocycles. The number of phosphoric acid groups is 1. The molecular weight excluding hydrogens is 799 g/mol. The van der Waals surface area contributed by atoms with Crippen LogP contribution in [0.4, 0.5) is 22.7 Å². The third-order valence-electron chi connectivity index (χ3n) is 10.1. The molecule has 3 atom stereocenters. The van der Waals surface area contributed by atoms with Crippen molar-refractivity contribution in [3.05, 3.63) is 54.6 Å². The van der Waals surface area contributed by atoms with Gasteiger partial charge in [-0.15, -0.1) is 0 Å². The van der Waals surface area contributed by atoms with E-state index in [0.717, 1.165) is 64.2 Å². The number of likely N-dealkylation sites (N-methyl/N-ethyl adjacent to an activating group) is 1. The van der Waals surface area contributed by atoms with Gasteiger partial charge in [0.2, 0.25) is 5.91 Å². The van der Waals surface area contributed by atoms with Crippen LogP contribution in [0.25, 0.3) is 0 Å². The summed E-state index contributed by atoms with van der Waals surface area (Å²) in [7, 11) is 1.36. The van der Waals surface area contributed by atoms with Gasteiger partial charge in [0.05, 0.1) is 66.8 Å². The first-order valence-electron chi connectivity index (χ1n) is 21.9. The van der Waals surface area contributed by atoms with Crippen LogP contribution in [0.5, 0.6) is 0 Å². The van der Waals surface area contributed by atoms with E-state index in [1.807, 2.05) is 27.2 Å². The highest BCUT2D eigenvalue weighted by Crippen LogP contribution is 2.43. The third kappa shape index (κ3) is 26.6. The van der Waals surface area contributed by atoms with Crippen molar-refractivity contribution in [3.63, 3.8) is 0 Å². The smallest absolute Gasteiger partial charge is 0.387 e. The number of benzene rings is 1. The molecule has 0 spiro atoms. The maximum Gasteiger partial charge on any atom is 0.472 e. The number of quaternary nitrogens is 1. The van der Waals surface area contributed by atoms with Crippen LogP contribution < -0.4 is 10.6 Å². The van der Waals surface area contributed by atoms with E-state index >= 15 is 0 Å². The molecule has 0 fully saturated rings. The van der Waals surface area contributed by atoms with E-state index in [2.05, 4.69) is 17.6 Å². The lowest BCUT2D eigenvalue weighted by molar-refractivity contribution is -0.870. The zero-order valence-electron chi connectivity index (χ0n) is 36.6. The fourth-order valence-electron chi connectivity index (χ4n) is 6.48. The van der Waals surface area contributed by atoms with E-state index < -0.39 is 58.4 Å². The minimum absolute atomic E-state index is 0.00229. The van der Waals surface area contributed by atoms with Gasteiger partial charge in [0, 0.05) is 13.0 Å². The second kappa shape index (κ2) is 31.3. The van der Waals surface area contributed by atoms with Gasteiger partial charge in [-0.05, 0) is 25.7 Å². The number of amides is 1. The average Bonchev–Trinajstić information content (AvgIpc) is 3.17. The third-order valence-corrected chi connectivity index (χ3v) is 11.1. The molecule has 0 aromatic heterocycles. The number of hydrogen-bond donors (Lipinski definition) is 4. The molecule has 19 heteroatoms. The van der Waals surface area contributed by atoms with Crippen LogP contribution in [-0.2, 0) is 18.4 Å². The standard InChI is InChI=1S/C41H73N6O12P/c1-5-6-7-8-9-10-11-12-13-15-18-21-24-27-39(48)36(34-59-60(56,57)58-31-30-47(2,3)4)43-40(49)28-25-22-19-16-14-17-20-23-26-29-42-41-37(45(52)53)32-35(44(50)51)33-38(41)46(54)55/h24,27,32-33,36,39,42,48H,5-23,25-26,28-31,34H2,1-4H3,(H-,43,49,56,57)/p+1/b27-24+. The number of unbranched alkanes of at least 4 members (excludes halogenated alkanes) is 19. The summed E-state index contributed by atoms with van der Waals surface area (Å²) in [5.41, 5.74) is -2.52. The molecule has 0 aliphatic rings. The number of phosphoric ester groups is 1. The van der Waals surface area contributed by atoms with Crippen molar-refractivity contribution in [2.24, 2.45) is 0 Å². The lowest BCUT2D eigenvalue weighted by Crippen LogP contribution is -2.45. The first-order valence-corrected chi connectivity index (χ1v) is 23.4. The van der Waals surface area contributed by atoms with E-state index in [1.165, 1.54) is 57.8 Å². The topological polar surface area (TPSA) is 247 Å². The van der Waals surface area contributed by atoms with Gasteiger partial charge in [-0.1, -0.05) is 128 Å². The second-order valence-corrected chi connectivity index (χ2v) is 18.0. The predicted molar refractivity (Wildman–Crippen MR) is 234 cm³/mol. The number of hydrogen-bond acceptors (Lipinski definition) is 12. The Morgan fingerprint density at radius 3 is 1.73 bits per heavy atom. The van der Waals surface area contributed by atoms with Crippen LogP contribution in [0.3, 0.4) is 0 Å². The Balaban J connectivity index is 2.44. The zero-order valence-corrected chi connectivity index (χ0v) is 37.5. The molecule has 1 amide bonds. The van der Waals surface area contributed by atoms with Crippen molar-refractivity contribution >= 4 is 36.5 Å². The van der Waals surface area contributed by atoms with Crippen LogP contribution in [0.15, 0.2) is 24.3 Å². The van der Waals surface area contributed by atoms with Gasteiger partial charge in [0.1, 0.15) is 13.2 Å². The molecule has 0 bridgehead atoms. The van der Waals surface area contributed by atoms with Crippen LogP contribution in [0.1, 0.15) is 148 Å². The van der Waals surface area contributed by atoms with Crippen LogP contribution in [-0.4, -0.2) is 94.8 Å². The summed E-state index contributed by atoms with van der Waals surface area (Å²) >= 11 is 0. The van der Waals surface area contributed by atoms with Gasteiger partial charge in [-0.25, -0.2) is 4.57 Å². The number of aliphatic hydroxyl groups excluding tert-OH is 1. The number of non-ortho nitro benzene ring substituents is 1. The summed E-state index contributed by atoms with van der Waals surface area (Å²) in [6, 6.07) is 0.478. The predicted octanol–water partition coefficient (Wildman–Crippen LogP) is 9.67. The quantitative estimate of drug-likeness (QED) is 0.0121. The minimum Gasteiger partial charge on any atom is -0.387 e. The van der Waals surface area contributed by atoms with E-state index in [9.17, 15) is 49.7 Å². The Hall–Kier alpha value is -3.54. The van der Waals surface area contributed by atoms with E-state index in [1.54, 1.807) is 6.08 Å². The first kappa shape index (κ1) is 54.5. The highest BCUT2D eigenvalue weighted by Gasteiger charge is 2.31. The number of rotatable bonds is 38. The summed E-state index contributed by atoms with van der Waals surface area (Å²) < 4.78 is 23.4. The number of anilines is 1. The van der Waals surface area contributed by atoms with Gasteiger partial charge in [0.25, 0.3) is 5.69 Å². The monoisotopic (exact) mass is 874 g/mol. The van der Waals surface area contributed by atoms with Crippen molar-refractivity contribution < 1.29 is 47.7 Å². The Morgan fingerprint density at radius 2 is 1.25 bits per heavy atom. The van der Waals surface area contributed by atoms with E-state index in [4.69, 9.17) is 9.05 Å². The van der Waals surface area contributed by atoms with Crippen LogP contribution in [0, 0.1) is 30.3 Å². The van der Waals surface area contributed by atoms with Gasteiger partial charge in [-0.2, -0.15) is 0 Å². The van der Waals surface area contributed by atoms with Crippen molar-refractivity contribution in [2.45, 2.75) is 160 Å². The van der Waals surface area contributed by atoms with Gasteiger partial charge in [0.15, 0.2) is 5.69 Å². The van der Waals surface area contributed by atoms with Crippen molar-refractivity contribution in [1.82, 2.24) is 5.32 Å². The normalized spacial score (nSPS) is 13.8. The number of carbonyl (C=O) groups excluding carboxylic acids is 1. The summed E-state index contributed by atoms with van der Waals surface area (Å²) in [5.74, 6) is -0.293. The van der Waals surface area contributed by atoms with Crippen molar-refractivity contribution in [3.8, 4) is 0 Å². The van der Waals surface area contributed by atoms with E-state index in [0.29, 0.717) is 36.0 Å². The summed E-state index contributed by atoms with van der Waals surface area (Å²) in [5, 5.41) is 50.4. The Bertz CT molecular complexity index is 1460. The number of allylic oxidation sites excluding steroid dienone is 1. The van der Waals surface area contributed by atoms with Crippen LogP contribution in [0.2, 0.25) is 0 Å². The number of nitro groups is 3. The highest BCUT2D eigenvalue weighted by molar-refractivity contribution is 7.47. The number of nitro benzene ring substituents is 3. The highest BCUT2D eigenvalue weighted by atomic mass is 31.2. The maximum atomic E-state index is 12.9. The Labute approximate surface area is 356 Å².